The Bertz CT molecular complexity index is 692. The van der Waals surface area contributed by atoms with Gasteiger partial charge in [-0.05, 0) is 50.5 Å². The van der Waals surface area contributed by atoms with Crippen LogP contribution in [0.3, 0.4) is 0 Å². The number of anilines is 2. The zero-order chi connectivity index (χ0) is 18.2. The fourth-order valence-corrected chi connectivity index (χ4v) is 2.15. The molecule has 0 aromatic heterocycles. The number of nitrogens with zero attached hydrogens (tertiary/aromatic N) is 1. The molecule has 0 saturated heterocycles. The smallest absolute Gasteiger partial charge is 0.323 e. The van der Waals surface area contributed by atoms with Crippen LogP contribution in [-0.4, -0.2) is 49.4 Å². The SMILES string of the molecule is CN(C)C[C@H](O)COc1ccc(NC(=O)Nc2ccccc2F)cc1. The van der Waals surface area contributed by atoms with E-state index in [1.165, 1.54) is 12.1 Å². The Balaban J connectivity index is 1.83. The molecule has 2 aromatic carbocycles. The molecule has 6 nitrogen and oxygen atoms in total. The van der Waals surface area contributed by atoms with Crippen molar-refractivity contribution in [1.29, 1.82) is 0 Å². The number of aliphatic hydroxyl groups is 1. The van der Waals surface area contributed by atoms with Crippen LogP contribution in [0.25, 0.3) is 0 Å². The first-order valence-electron chi connectivity index (χ1n) is 7.82. The quantitative estimate of drug-likeness (QED) is 0.720. The number of carbonyl (C=O) groups is 1. The van der Waals surface area contributed by atoms with Crippen molar-refractivity contribution >= 4 is 17.4 Å². The molecule has 0 aliphatic rings. The molecule has 2 aromatic rings. The van der Waals surface area contributed by atoms with Crippen LogP contribution in [0.2, 0.25) is 0 Å². The highest BCUT2D eigenvalue weighted by atomic mass is 19.1. The molecule has 0 aliphatic carbocycles. The summed E-state index contributed by atoms with van der Waals surface area (Å²) >= 11 is 0. The molecule has 1 atom stereocenters. The van der Waals surface area contributed by atoms with Crippen molar-refractivity contribution in [3.05, 3.63) is 54.3 Å². The molecule has 25 heavy (non-hydrogen) atoms. The van der Waals surface area contributed by atoms with Crippen molar-refractivity contribution < 1.29 is 19.0 Å². The number of urea groups is 1. The largest absolute Gasteiger partial charge is 0.491 e. The summed E-state index contributed by atoms with van der Waals surface area (Å²) in [5, 5.41) is 14.8. The van der Waals surface area contributed by atoms with Crippen molar-refractivity contribution in [3.63, 3.8) is 0 Å². The van der Waals surface area contributed by atoms with Crippen molar-refractivity contribution in [2.45, 2.75) is 6.10 Å². The third kappa shape index (κ3) is 6.40. The topological polar surface area (TPSA) is 73.8 Å². The predicted molar refractivity (Wildman–Crippen MR) is 95.5 cm³/mol. The second-order valence-electron chi connectivity index (χ2n) is 5.81. The van der Waals surface area contributed by atoms with Crippen LogP contribution < -0.4 is 15.4 Å². The summed E-state index contributed by atoms with van der Waals surface area (Å²) in [6.45, 7) is 0.689. The van der Waals surface area contributed by atoms with Crippen LogP contribution in [0.4, 0.5) is 20.6 Å². The lowest BCUT2D eigenvalue weighted by atomic mass is 10.3. The summed E-state index contributed by atoms with van der Waals surface area (Å²) in [5.74, 6) is 0.0792. The van der Waals surface area contributed by atoms with Crippen molar-refractivity contribution in [2.24, 2.45) is 0 Å². The monoisotopic (exact) mass is 347 g/mol. The van der Waals surface area contributed by atoms with Gasteiger partial charge in [0, 0.05) is 12.2 Å². The number of carbonyl (C=O) groups excluding carboxylic acids is 1. The Hall–Kier alpha value is -2.64. The van der Waals surface area contributed by atoms with Crippen LogP contribution in [0, 0.1) is 5.82 Å². The van der Waals surface area contributed by atoms with Gasteiger partial charge in [-0.25, -0.2) is 9.18 Å². The zero-order valence-electron chi connectivity index (χ0n) is 14.2. The van der Waals surface area contributed by atoms with E-state index in [9.17, 15) is 14.3 Å². The van der Waals surface area contributed by atoms with E-state index in [2.05, 4.69) is 10.6 Å². The van der Waals surface area contributed by atoms with Gasteiger partial charge >= 0.3 is 6.03 Å². The van der Waals surface area contributed by atoms with Crippen LogP contribution in [0.15, 0.2) is 48.5 Å². The summed E-state index contributed by atoms with van der Waals surface area (Å²) < 4.78 is 19.0. The number of likely N-dealkylation sites (N-methyl/N-ethyl adjacent to an activating group) is 1. The minimum atomic E-state index is -0.584. The highest BCUT2D eigenvalue weighted by molar-refractivity contribution is 5.99. The standard InChI is InChI=1S/C18H22FN3O3/c1-22(2)11-14(23)12-25-15-9-7-13(8-10-15)20-18(24)21-17-6-4-3-5-16(17)19/h3-10,14,23H,11-12H2,1-2H3,(H2,20,21,24)/t14-/m0/s1. The number of aliphatic hydroxyl groups excluding tert-OH is 1. The number of halogens is 1. The van der Waals surface area contributed by atoms with Gasteiger partial charge in [0.2, 0.25) is 0 Å². The zero-order valence-corrected chi connectivity index (χ0v) is 14.2. The minimum Gasteiger partial charge on any atom is -0.491 e. The number of para-hydroxylation sites is 1. The second kappa shape index (κ2) is 9.00. The average Bonchev–Trinajstić information content (AvgIpc) is 2.56. The first kappa shape index (κ1) is 18.7. The van der Waals surface area contributed by atoms with E-state index in [-0.39, 0.29) is 12.3 Å². The molecular weight excluding hydrogens is 325 g/mol. The van der Waals surface area contributed by atoms with Gasteiger partial charge in [0.15, 0.2) is 0 Å². The van der Waals surface area contributed by atoms with Crippen molar-refractivity contribution in [1.82, 2.24) is 4.90 Å². The van der Waals surface area contributed by atoms with Gasteiger partial charge in [-0.3, -0.25) is 0 Å². The molecule has 0 fully saturated rings. The van der Waals surface area contributed by atoms with Gasteiger partial charge < -0.3 is 25.4 Å². The maximum atomic E-state index is 13.5. The third-order valence-corrected chi connectivity index (χ3v) is 3.25. The number of amides is 2. The molecule has 0 radical (unpaired) electrons. The molecule has 0 saturated carbocycles. The summed E-state index contributed by atoms with van der Waals surface area (Å²) in [4.78, 5) is 13.7. The molecule has 0 unspecified atom stereocenters. The lowest BCUT2D eigenvalue weighted by Gasteiger charge is -2.16. The highest BCUT2D eigenvalue weighted by Gasteiger charge is 2.08. The summed E-state index contributed by atoms with van der Waals surface area (Å²) in [5.41, 5.74) is 0.643. The lowest BCUT2D eigenvalue weighted by molar-refractivity contribution is 0.0831. The molecule has 134 valence electrons. The van der Waals surface area contributed by atoms with Crippen molar-refractivity contribution in [2.75, 3.05) is 37.9 Å². The maximum absolute atomic E-state index is 13.5. The lowest BCUT2D eigenvalue weighted by Crippen LogP contribution is -2.30. The van der Waals surface area contributed by atoms with E-state index in [4.69, 9.17) is 4.74 Å². The van der Waals surface area contributed by atoms with Crippen LogP contribution in [0.5, 0.6) is 5.75 Å². The van der Waals surface area contributed by atoms with Crippen LogP contribution >= 0.6 is 0 Å². The molecule has 3 N–H and O–H groups in total. The normalized spacial score (nSPS) is 11.9. The molecule has 0 aliphatic heterocycles. The maximum Gasteiger partial charge on any atom is 0.323 e. The third-order valence-electron chi connectivity index (χ3n) is 3.25. The Labute approximate surface area is 146 Å². The summed E-state index contributed by atoms with van der Waals surface area (Å²) in [6.07, 6.45) is -0.584. The van der Waals surface area contributed by atoms with E-state index < -0.39 is 18.0 Å². The Morgan fingerprint density at radius 3 is 2.48 bits per heavy atom. The number of benzene rings is 2. The first-order chi connectivity index (χ1) is 11.9. The highest BCUT2D eigenvalue weighted by Crippen LogP contribution is 2.17. The van der Waals surface area contributed by atoms with Gasteiger partial charge in [-0.15, -0.1) is 0 Å². The summed E-state index contributed by atoms with van der Waals surface area (Å²) in [6, 6.07) is 12.1. The Morgan fingerprint density at radius 1 is 1.16 bits per heavy atom. The molecule has 0 spiro atoms. The van der Waals surface area contributed by atoms with Gasteiger partial charge in [-0.1, -0.05) is 12.1 Å². The molecule has 2 amide bonds. The molecular formula is C18H22FN3O3. The molecule has 0 heterocycles. The minimum absolute atomic E-state index is 0.106. The van der Waals surface area contributed by atoms with Gasteiger partial charge in [0.05, 0.1) is 5.69 Å². The summed E-state index contributed by atoms with van der Waals surface area (Å²) in [7, 11) is 3.74. The number of nitrogens with one attached hydrogen (secondary N) is 2. The Kier molecular flexibility index (Phi) is 6.73. The molecule has 0 bridgehead atoms. The van der Waals surface area contributed by atoms with E-state index in [0.717, 1.165) is 0 Å². The number of rotatable bonds is 7. The number of ether oxygens (including phenoxy) is 1. The van der Waals surface area contributed by atoms with Crippen molar-refractivity contribution in [3.8, 4) is 5.75 Å². The van der Waals surface area contributed by atoms with E-state index in [0.29, 0.717) is 18.0 Å². The van der Waals surface area contributed by atoms with Gasteiger partial charge in [-0.2, -0.15) is 0 Å². The molecule has 2 rings (SSSR count). The Morgan fingerprint density at radius 2 is 1.84 bits per heavy atom. The van der Waals surface area contributed by atoms with E-state index in [1.807, 2.05) is 19.0 Å². The fourth-order valence-electron chi connectivity index (χ4n) is 2.15. The number of hydrogen-bond acceptors (Lipinski definition) is 4. The fraction of sp³-hybridized carbons (Fsp3) is 0.278. The van der Waals surface area contributed by atoms with E-state index in [1.54, 1.807) is 36.4 Å². The second-order valence-corrected chi connectivity index (χ2v) is 5.81. The van der Waals surface area contributed by atoms with Crippen LogP contribution in [-0.2, 0) is 0 Å². The molecule has 7 heteroatoms. The van der Waals surface area contributed by atoms with Crippen LogP contribution in [0.1, 0.15) is 0 Å². The number of hydrogen-bond donors (Lipinski definition) is 3. The van der Waals surface area contributed by atoms with Gasteiger partial charge in [0.25, 0.3) is 0 Å². The van der Waals surface area contributed by atoms with E-state index >= 15 is 0 Å². The first-order valence-corrected chi connectivity index (χ1v) is 7.82. The van der Waals surface area contributed by atoms with Gasteiger partial charge in [0.1, 0.15) is 24.3 Å². The predicted octanol–water partition coefficient (Wildman–Crippen LogP) is 2.77. The average molecular weight is 347 g/mol.